The van der Waals surface area contributed by atoms with Crippen LogP contribution in [0.5, 0.6) is 0 Å². The van der Waals surface area contributed by atoms with Gasteiger partial charge in [-0.25, -0.2) is 0 Å². The van der Waals surface area contributed by atoms with E-state index in [1.807, 2.05) is 4.90 Å². The number of carbonyl (C=O) groups is 2. The van der Waals surface area contributed by atoms with Gasteiger partial charge in [0.2, 0.25) is 5.91 Å². The lowest BCUT2D eigenvalue weighted by Gasteiger charge is -2.33. The molecule has 0 bridgehead atoms. The van der Waals surface area contributed by atoms with Gasteiger partial charge in [-0.15, -0.1) is 0 Å². The molecule has 0 saturated carbocycles. The summed E-state index contributed by atoms with van der Waals surface area (Å²) < 4.78 is 4.58. The van der Waals surface area contributed by atoms with Crippen LogP contribution in [0.25, 0.3) is 0 Å². The standard InChI is InChI=1S/C14H25N3O3S/c1-20-12(18)7-3-2-4-8-16-14(21)17-9-5-6-11(10-17)13(15)19/h11H,2-10H2,1H3,(H2,15,19)(H,16,21)/t11-/m1/s1. The zero-order valence-corrected chi connectivity index (χ0v) is 13.4. The maximum atomic E-state index is 11.2. The van der Waals surface area contributed by atoms with E-state index in [0.717, 1.165) is 45.2 Å². The molecule has 0 aromatic carbocycles. The Hall–Kier alpha value is -1.37. The summed E-state index contributed by atoms with van der Waals surface area (Å²) in [6, 6.07) is 0. The van der Waals surface area contributed by atoms with Crippen molar-refractivity contribution in [3.8, 4) is 0 Å². The quantitative estimate of drug-likeness (QED) is 0.410. The Morgan fingerprint density at radius 2 is 2.14 bits per heavy atom. The molecular formula is C14H25N3O3S. The number of nitrogens with two attached hydrogens (primary N) is 1. The Balaban J connectivity index is 2.13. The lowest BCUT2D eigenvalue weighted by Crippen LogP contribution is -2.48. The van der Waals surface area contributed by atoms with E-state index in [4.69, 9.17) is 18.0 Å². The lowest BCUT2D eigenvalue weighted by molar-refractivity contribution is -0.140. The molecule has 1 saturated heterocycles. The van der Waals surface area contributed by atoms with Crippen molar-refractivity contribution in [3.63, 3.8) is 0 Å². The first-order chi connectivity index (χ1) is 10.0. The number of nitrogens with one attached hydrogen (secondary N) is 1. The van der Waals surface area contributed by atoms with Gasteiger partial charge in [-0.2, -0.15) is 0 Å². The third-order valence-corrected chi connectivity index (χ3v) is 4.08. The Bertz CT molecular complexity index is 376. The van der Waals surface area contributed by atoms with Crippen LogP contribution in [0.3, 0.4) is 0 Å². The molecule has 21 heavy (non-hydrogen) atoms. The number of methoxy groups -OCH3 is 1. The second-order valence-electron chi connectivity index (χ2n) is 5.31. The number of hydrogen-bond donors (Lipinski definition) is 2. The van der Waals surface area contributed by atoms with Gasteiger partial charge in [0.15, 0.2) is 5.11 Å². The number of amides is 1. The van der Waals surface area contributed by atoms with Gasteiger partial charge in [0.25, 0.3) is 0 Å². The van der Waals surface area contributed by atoms with E-state index in [0.29, 0.717) is 18.1 Å². The smallest absolute Gasteiger partial charge is 0.305 e. The molecule has 0 aromatic heterocycles. The first-order valence-electron chi connectivity index (χ1n) is 7.43. The Labute approximate surface area is 131 Å². The number of likely N-dealkylation sites (tertiary alicyclic amines) is 1. The zero-order valence-electron chi connectivity index (χ0n) is 12.6. The van der Waals surface area contributed by atoms with Crippen LogP contribution in [-0.4, -0.2) is 48.6 Å². The van der Waals surface area contributed by atoms with E-state index < -0.39 is 0 Å². The Kier molecular flexibility index (Phi) is 8.04. The zero-order chi connectivity index (χ0) is 15.7. The van der Waals surface area contributed by atoms with E-state index in [9.17, 15) is 9.59 Å². The molecule has 1 heterocycles. The number of ether oxygens (including phenoxy) is 1. The van der Waals surface area contributed by atoms with Crippen molar-refractivity contribution in [2.24, 2.45) is 11.7 Å². The SMILES string of the molecule is COC(=O)CCCCCNC(=S)N1CCC[C@@H](C(N)=O)C1. The van der Waals surface area contributed by atoms with Gasteiger partial charge >= 0.3 is 5.97 Å². The van der Waals surface area contributed by atoms with Gasteiger partial charge in [0, 0.05) is 26.1 Å². The Morgan fingerprint density at radius 1 is 1.38 bits per heavy atom. The largest absolute Gasteiger partial charge is 0.469 e. The molecule has 0 radical (unpaired) electrons. The van der Waals surface area contributed by atoms with Gasteiger partial charge < -0.3 is 20.7 Å². The van der Waals surface area contributed by atoms with Crippen LogP contribution in [0.1, 0.15) is 38.5 Å². The van der Waals surface area contributed by atoms with Gasteiger partial charge in [-0.1, -0.05) is 6.42 Å². The average molecular weight is 315 g/mol. The van der Waals surface area contributed by atoms with Crippen molar-refractivity contribution in [1.82, 2.24) is 10.2 Å². The van der Waals surface area contributed by atoms with Gasteiger partial charge in [0.1, 0.15) is 0 Å². The molecular weight excluding hydrogens is 290 g/mol. The summed E-state index contributed by atoms with van der Waals surface area (Å²) >= 11 is 5.34. The summed E-state index contributed by atoms with van der Waals surface area (Å²) in [7, 11) is 1.40. The predicted octanol–water partition coefficient (Wildman–Crippen LogP) is 0.792. The fourth-order valence-electron chi connectivity index (χ4n) is 2.37. The van der Waals surface area contributed by atoms with E-state index >= 15 is 0 Å². The summed E-state index contributed by atoms with van der Waals surface area (Å²) in [5.41, 5.74) is 5.35. The highest BCUT2D eigenvalue weighted by Crippen LogP contribution is 2.16. The second-order valence-corrected chi connectivity index (χ2v) is 5.69. The molecule has 1 aliphatic heterocycles. The molecule has 1 atom stereocenters. The van der Waals surface area contributed by atoms with E-state index in [-0.39, 0.29) is 17.8 Å². The molecule has 0 aliphatic carbocycles. The van der Waals surface area contributed by atoms with Crippen LogP contribution in [0.4, 0.5) is 0 Å². The maximum Gasteiger partial charge on any atom is 0.305 e. The van der Waals surface area contributed by atoms with Gasteiger partial charge in [-0.05, 0) is 37.9 Å². The Morgan fingerprint density at radius 3 is 2.81 bits per heavy atom. The second kappa shape index (κ2) is 9.55. The van der Waals surface area contributed by atoms with Gasteiger partial charge in [-0.3, -0.25) is 9.59 Å². The first-order valence-corrected chi connectivity index (χ1v) is 7.84. The molecule has 120 valence electrons. The summed E-state index contributed by atoms with van der Waals surface area (Å²) in [5, 5.41) is 3.89. The topological polar surface area (TPSA) is 84.7 Å². The molecule has 0 aromatic rings. The number of rotatable bonds is 7. The maximum absolute atomic E-state index is 11.2. The van der Waals surface area contributed by atoms with Crippen LogP contribution >= 0.6 is 12.2 Å². The number of hydrogen-bond acceptors (Lipinski definition) is 4. The number of primary amides is 1. The van der Waals surface area contributed by atoms with E-state index in [2.05, 4.69) is 10.1 Å². The number of esters is 1. The number of thiocarbonyl (C=S) groups is 1. The summed E-state index contributed by atoms with van der Waals surface area (Å²) in [5.74, 6) is -0.506. The normalized spacial score (nSPS) is 18.1. The highest BCUT2D eigenvalue weighted by Gasteiger charge is 2.25. The summed E-state index contributed by atoms with van der Waals surface area (Å²) in [4.78, 5) is 24.2. The van der Waals surface area contributed by atoms with Crippen molar-refractivity contribution in [3.05, 3.63) is 0 Å². The molecule has 1 rings (SSSR count). The molecule has 1 fully saturated rings. The van der Waals surface area contributed by atoms with Crippen LogP contribution in [0.15, 0.2) is 0 Å². The number of nitrogens with zero attached hydrogens (tertiary/aromatic N) is 1. The summed E-state index contributed by atoms with van der Waals surface area (Å²) in [6.07, 6.45) is 4.98. The van der Waals surface area contributed by atoms with Crippen LogP contribution in [0.2, 0.25) is 0 Å². The van der Waals surface area contributed by atoms with Crippen molar-refractivity contribution in [2.45, 2.75) is 38.5 Å². The average Bonchev–Trinajstić information content (AvgIpc) is 2.50. The van der Waals surface area contributed by atoms with Gasteiger partial charge in [0.05, 0.1) is 13.0 Å². The highest BCUT2D eigenvalue weighted by atomic mass is 32.1. The number of carbonyl (C=O) groups excluding carboxylic acids is 2. The van der Waals surface area contributed by atoms with E-state index in [1.165, 1.54) is 7.11 Å². The third-order valence-electron chi connectivity index (χ3n) is 3.67. The fraction of sp³-hybridized carbons (Fsp3) is 0.786. The predicted molar refractivity (Wildman–Crippen MR) is 84.6 cm³/mol. The van der Waals surface area contributed by atoms with Crippen molar-refractivity contribution >= 4 is 29.2 Å². The molecule has 6 nitrogen and oxygen atoms in total. The van der Waals surface area contributed by atoms with Crippen LogP contribution < -0.4 is 11.1 Å². The number of piperidine rings is 1. The first kappa shape index (κ1) is 17.7. The molecule has 0 unspecified atom stereocenters. The number of unbranched alkanes of at least 4 members (excludes halogenated alkanes) is 2. The molecule has 7 heteroatoms. The molecule has 0 spiro atoms. The molecule has 1 aliphatic rings. The minimum absolute atomic E-state index is 0.0986. The van der Waals surface area contributed by atoms with Crippen LogP contribution in [0, 0.1) is 5.92 Å². The minimum atomic E-state index is -0.245. The third kappa shape index (κ3) is 6.75. The monoisotopic (exact) mass is 315 g/mol. The van der Waals surface area contributed by atoms with Crippen molar-refractivity contribution in [1.29, 1.82) is 0 Å². The van der Waals surface area contributed by atoms with E-state index in [1.54, 1.807) is 0 Å². The fourth-order valence-corrected chi connectivity index (χ4v) is 2.64. The summed E-state index contributed by atoms with van der Waals surface area (Å²) in [6.45, 7) is 2.26. The molecule has 3 N–H and O–H groups in total. The lowest BCUT2D eigenvalue weighted by atomic mass is 9.98. The van der Waals surface area contributed by atoms with Crippen molar-refractivity contribution in [2.75, 3.05) is 26.7 Å². The molecule has 1 amide bonds. The van der Waals surface area contributed by atoms with Crippen LogP contribution in [-0.2, 0) is 14.3 Å². The highest BCUT2D eigenvalue weighted by molar-refractivity contribution is 7.80. The van der Waals surface area contributed by atoms with Crippen molar-refractivity contribution < 1.29 is 14.3 Å². The minimum Gasteiger partial charge on any atom is -0.469 e.